The summed E-state index contributed by atoms with van der Waals surface area (Å²) in [6, 6.07) is 0. The quantitative estimate of drug-likeness (QED) is 0.661. The maximum Gasteiger partial charge on any atom is 0.410 e. The van der Waals surface area contributed by atoms with E-state index in [2.05, 4.69) is 0 Å². The van der Waals surface area contributed by atoms with E-state index in [-0.39, 0.29) is 11.9 Å². The highest BCUT2D eigenvalue weighted by Crippen LogP contribution is 2.33. The van der Waals surface area contributed by atoms with Crippen LogP contribution in [0.1, 0.15) is 40.0 Å². The number of Topliss-reactive ketones (excluding diaryl/α,β-unsaturated/α-hetero) is 1. The molecular formula is C13H21NO4. The summed E-state index contributed by atoms with van der Waals surface area (Å²) < 4.78 is 11.0. The van der Waals surface area contributed by atoms with Crippen molar-refractivity contribution in [3.05, 3.63) is 0 Å². The number of amides is 1. The maximum absolute atomic E-state index is 12.0. The van der Waals surface area contributed by atoms with Crippen LogP contribution >= 0.6 is 0 Å². The van der Waals surface area contributed by atoms with E-state index >= 15 is 0 Å². The third-order valence-corrected chi connectivity index (χ3v) is 3.33. The number of ketones is 1. The first-order valence-electron chi connectivity index (χ1n) is 6.48. The summed E-state index contributed by atoms with van der Waals surface area (Å²) in [5.74, 6) is 0.121. The van der Waals surface area contributed by atoms with E-state index in [0.717, 1.165) is 6.42 Å². The summed E-state index contributed by atoms with van der Waals surface area (Å²) in [4.78, 5) is 25.5. The number of carbonyl (C=O) groups excluding carboxylic acids is 2. The van der Waals surface area contributed by atoms with Crippen LogP contribution < -0.4 is 0 Å². The van der Waals surface area contributed by atoms with Crippen LogP contribution in [0, 0.1) is 0 Å². The highest BCUT2D eigenvalue weighted by Gasteiger charge is 2.47. The SMILES string of the molecule is CC(C)(C)OC(=O)N1CCO[C@@]2(CCCC2=O)C1. The first-order chi connectivity index (χ1) is 8.32. The van der Waals surface area contributed by atoms with Gasteiger partial charge in [0.05, 0.1) is 13.2 Å². The zero-order valence-corrected chi connectivity index (χ0v) is 11.3. The minimum atomic E-state index is -0.755. The second-order valence-electron chi connectivity index (χ2n) is 6.02. The Bertz CT molecular complexity index is 360. The van der Waals surface area contributed by atoms with Crippen molar-refractivity contribution >= 4 is 11.9 Å². The van der Waals surface area contributed by atoms with Crippen LogP contribution in [0.4, 0.5) is 4.79 Å². The van der Waals surface area contributed by atoms with Gasteiger partial charge in [-0.05, 0) is 33.6 Å². The number of morpholine rings is 1. The Morgan fingerprint density at radius 1 is 1.44 bits per heavy atom. The van der Waals surface area contributed by atoms with Gasteiger partial charge < -0.3 is 14.4 Å². The van der Waals surface area contributed by atoms with Crippen LogP contribution in [-0.2, 0) is 14.3 Å². The molecule has 2 rings (SSSR count). The molecule has 5 nitrogen and oxygen atoms in total. The van der Waals surface area contributed by atoms with E-state index in [0.29, 0.717) is 32.5 Å². The van der Waals surface area contributed by atoms with Gasteiger partial charge in [-0.15, -0.1) is 0 Å². The molecule has 0 aromatic heterocycles. The highest BCUT2D eigenvalue weighted by molar-refractivity contribution is 5.90. The Labute approximate surface area is 107 Å². The zero-order valence-electron chi connectivity index (χ0n) is 11.3. The number of hydrogen-bond donors (Lipinski definition) is 0. The lowest BCUT2D eigenvalue weighted by atomic mass is 9.99. The van der Waals surface area contributed by atoms with E-state index in [1.165, 1.54) is 0 Å². The summed E-state index contributed by atoms with van der Waals surface area (Å²) in [5, 5.41) is 0. The second kappa shape index (κ2) is 4.53. The molecule has 0 N–H and O–H groups in total. The third kappa shape index (κ3) is 2.66. The van der Waals surface area contributed by atoms with Crippen molar-refractivity contribution in [2.24, 2.45) is 0 Å². The summed E-state index contributed by atoms with van der Waals surface area (Å²) >= 11 is 0. The molecule has 102 valence electrons. The zero-order chi connectivity index (χ0) is 13.4. The van der Waals surface area contributed by atoms with Gasteiger partial charge in [0.15, 0.2) is 5.78 Å². The number of ether oxygens (including phenoxy) is 2. The molecule has 0 aromatic carbocycles. The summed E-state index contributed by atoms with van der Waals surface area (Å²) in [5.41, 5.74) is -1.27. The minimum absolute atomic E-state index is 0.121. The lowest BCUT2D eigenvalue weighted by molar-refractivity contribution is -0.151. The standard InChI is InChI=1S/C13H21NO4/c1-12(2,3)18-11(16)14-7-8-17-13(9-14)6-4-5-10(13)15/h4-9H2,1-3H3/t13-/m0/s1. The van der Waals surface area contributed by atoms with Crippen LogP contribution in [0.15, 0.2) is 0 Å². The van der Waals surface area contributed by atoms with Gasteiger partial charge in [0.1, 0.15) is 11.2 Å². The molecule has 1 amide bonds. The first-order valence-corrected chi connectivity index (χ1v) is 6.48. The molecule has 1 aliphatic heterocycles. The minimum Gasteiger partial charge on any atom is -0.444 e. The van der Waals surface area contributed by atoms with Crippen LogP contribution in [0.25, 0.3) is 0 Å². The molecule has 5 heteroatoms. The summed E-state index contributed by atoms with van der Waals surface area (Å²) in [6.07, 6.45) is 1.76. The fraction of sp³-hybridized carbons (Fsp3) is 0.846. The van der Waals surface area contributed by atoms with E-state index in [9.17, 15) is 9.59 Å². The molecule has 0 unspecified atom stereocenters. The topological polar surface area (TPSA) is 55.8 Å². The Morgan fingerprint density at radius 3 is 2.72 bits per heavy atom. The van der Waals surface area contributed by atoms with Gasteiger partial charge in [-0.25, -0.2) is 4.79 Å². The summed E-state index contributed by atoms with van der Waals surface area (Å²) in [6.45, 7) is 6.74. The van der Waals surface area contributed by atoms with Crippen LogP contribution in [0.5, 0.6) is 0 Å². The molecule has 1 aliphatic carbocycles. The molecule has 0 radical (unpaired) electrons. The predicted octanol–water partition coefficient (Wildman–Crippen LogP) is 1.75. The van der Waals surface area contributed by atoms with Crippen molar-refractivity contribution in [3.63, 3.8) is 0 Å². The molecular weight excluding hydrogens is 234 g/mol. The average molecular weight is 255 g/mol. The summed E-state index contributed by atoms with van der Waals surface area (Å²) in [7, 11) is 0. The third-order valence-electron chi connectivity index (χ3n) is 3.33. The Hall–Kier alpha value is -1.10. The normalized spacial score (nSPS) is 28.8. The lowest BCUT2D eigenvalue weighted by Crippen LogP contribution is -2.56. The van der Waals surface area contributed by atoms with Gasteiger partial charge in [0, 0.05) is 13.0 Å². The maximum atomic E-state index is 12.0. The van der Waals surface area contributed by atoms with Crippen molar-refractivity contribution in [1.82, 2.24) is 4.90 Å². The van der Waals surface area contributed by atoms with Gasteiger partial charge in [0.2, 0.25) is 0 Å². The Balaban J connectivity index is 2.03. The lowest BCUT2D eigenvalue weighted by Gasteiger charge is -2.39. The van der Waals surface area contributed by atoms with Crippen LogP contribution in [-0.4, -0.2) is 47.7 Å². The molecule has 2 aliphatic rings. The molecule has 0 aromatic rings. The Kier molecular flexibility index (Phi) is 3.36. The molecule has 1 saturated heterocycles. The van der Waals surface area contributed by atoms with Gasteiger partial charge in [-0.1, -0.05) is 0 Å². The highest BCUT2D eigenvalue weighted by atomic mass is 16.6. The number of rotatable bonds is 0. The second-order valence-corrected chi connectivity index (χ2v) is 6.02. The molecule has 0 bridgehead atoms. The van der Waals surface area contributed by atoms with Crippen LogP contribution in [0.2, 0.25) is 0 Å². The van der Waals surface area contributed by atoms with E-state index in [1.807, 2.05) is 20.8 Å². The molecule has 1 spiro atoms. The largest absolute Gasteiger partial charge is 0.444 e. The van der Waals surface area contributed by atoms with Crippen molar-refractivity contribution in [2.75, 3.05) is 19.7 Å². The van der Waals surface area contributed by atoms with Crippen molar-refractivity contribution in [1.29, 1.82) is 0 Å². The molecule has 18 heavy (non-hydrogen) atoms. The fourth-order valence-corrected chi connectivity index (χ4v) is 2.49. The number of carbonyl (C=O) groups is 2. The van der Waals surface area contributed by atoms with Crippen LogP contribution in [0.3, 0.4) is 0 Å². The number of hydrogen-bond acceptors (Lipinski definition) is 4. The molecule has 1 saturated carbocycles. The smallest absolute Gasteiger partial charge is 0.410 e. The Morgan fingerprint density at radius 2 is 2.17 bits per heavy atom. The van der Waals surface area contributed by atoms with Gasteiger partial charge in [0.25, 0.3) is 0 Å². The molecule has 1 atom stereocenters. The molecule has 1 heterocycles. The first kappa shape index (κ1) is 13.3. The molecule has 2 fully saturated rings. The average Bonchev–Trinajstić information content (AvgIpc) is 2.58. The van der Waals surface area contributed by atoms with Crippen molar-refractivity contribution < 1.29 is 19.1 Å². The number of nitrogens with zero attached hydrogens (tertiary/aromatic N) is 1. The fourth-order valence-electron chi connectivity index (χ4n) is 2.49. The van der Waals surface area contributed by atoms with Crippen molar-refractivity contribution in [2.45, 2.75) is 51.2 Å². The van der Waals surface area contributed by atoms with E-state index in [4.69, 9.17) is 9.47 Å². The van der Waals surface area contributed by atoms with Crippen molar-refractivity contribution in [3.8, 4) is 0 Å². The predicted molar refractivity (Wildman–Crippen MR) is 65.3 cm³/mol. The van der Waals surface area contributed by atoms with Gasteiger partial charge in [-0.2, -0.15) is 0 Å². The van der Waals surface area contributed by atoms with Gasteiger partial charge in [-0.3, -0.25) is 4.79 Å². The van der Waals surface area contributed by atoms with E-state index in [1.54, 1.807) is 4.90 Å². The van der Waals surface area contributed by atoms with Gasteiger partial charge >= 0.3 is 6.09 Å². The van der Waals surface area contributed by atoms with E-state index < -0.39 is 11.2 Å². The monoisotopic (exact) mass is 255 g/mol.